The molecule has 1 amide bonds. The van der Waals surface area contributed by atoms with E-state index in [4.69, 9.17) is 11.6 Å². The van der Waals surface area contributed by atoms with Crippen molar-refractivity contribution < 1.29 is 4.79 Å². The zero-order valence-corrected chi connectivity index (χ0v) is 18.6. The lowest BCUT2D eigenvalue weighted by molar-refractivity contribution is 0.0985. The van der Waals surface area contributed by atoms with Crippen LogP contribution in [0.25, 0.3) is 21.3 Å². The maximum Gasteiger partial charge on any atom is 0.260 e. The van der Waals surface area contributed by atoms with E-state index < -0.39 is 0 Å². The van der Waals surface area contributed by atoms with Crippen LogP contribution in [0.1, 0.15) is 16.1 Å². The average Bonchev–Trinajstić information content (AvgIpc) is 3.29. The first-order valence-corrected chi connectivity index (χ1v) is 11.3. The number of hydrogen-bond donors (Lipinski definition) is 0. The number of carbonyl (C=O) groups excluding carboxylic acids is 1. The van der Waals surface area contributed by atoms with Gasteiger partial charge in [0.1, 0.15) is 5.52 Å². The van der Waals surface area contributed by atoms with Crippen LogP contribution in [0, 0.1) is 0 Å². The summed E-state index contributed by atoms with van der Waals surface area (Å²) in [5.41, 5.74) is 4.24. The molecule has 0 N–H and O–H groups in total. The molecule has 0 saturated heterocycles. The minimum Gasteiger partial charge on any atom is -0.278 e. The standard InChI is InChI=1S/C26H18ClN3OS/c27-22-10-6-11-23-24(22)29-26(32-23)30(17-21-9-4-5-16-28-21)25(31)20-14-12-19(13-15-20)18-7-2-1-3-8-18/h1-16H,17H2. The van der Waals surface area contributed by atoms with Crippen LogP contribution in [0.5, 0.6) is 0 Å². The number of pyridine rings is 1. The summed E-state index contributed by atoms with van der Waals surface area (Å²) in [5.74, 6) is -0.134. The molecule has 0 radical (unpaired) electrons. The Hall–Kier alpha value is -3.54. The Morgan fingerprint density at radius 1 is 0.844 bits per heavy atom. The summed E-state index contributed by atoms with van der Waals surface area (Å²) < 4.78 is 0.936. The lowest BCUT2D eigenvalue weighted by Crippen LogP contribution is -2.30. The highest BCUT2D eigenvalue weighted by Gasteiger charge is 2.23. The van der Waals surface area contributed by atoms with Crippen molar-refractivity contribution in [2.45, 2.75) is 6.54 Å². The summed E-state index contributed by atoms with van der Waals surface area (Å²) >= 11 is 7.78. The molecule has 5 rings (SSSR count). The number of para-hydroxylation sites is 1. The van der Waals surface area contributed by atoms with E-state index in [1.165, 1.54) is 11.3 Å². The fourth-order valence-electron chi connectivity index (χ4n) is 3.49. The third-order valence-electron chi connectivity index (χ3n) is 5.12. The highest BCUT2D eigenvalue weighted by molar-refractivity contribution is 7.22. The van der Waals surface area contributed by atoms with Crippen molar-refractivity contribution in [3.05, 3.63) is 113 Å². The minimum absolute atomic E-state index is 0.134. The van der Waals surface area contributed by atoms with Crippen molar-refractivity contribution in [2.75, 3.05) is 4.90 Å². The van der Waals surface area contributed by atoms with E-state index in [0.717, 1.165) is 21.5 Å². The molecule has 0 fully saturated rings. The van der Waals surface area contributed by atoms with Crippen molar-refractivity contribution in [3.8, 4) is 11.1 Å². The predicted molar refractivity (Wildman–Crippen MR) is 131 cm³/mol. The zero-order valence-electron chi connectivity index (χ0n) is 17.0. The van der Waals surface area contributed by atoms with Gasteiger partial charge in [0.25, 0.3) is 5.91 Å². The Morgan fingerprint density at radius 2 is 1.59 bits per heavy atom. The monoisotopic (exact) mass is 455 g/mol. The molecule has 3 aromatic carbocycles. The van der Waals surface area contributed by atoms with Crippen LogP contribution in [0.15, 0.2) is 97.2 Å². The second-order valence-corrected chi connectivity index (χ2v) is 8.66. The zero-order chi connectivity index (χ0) is 21.9. The lowest BCUT2D eigenvalue weighted by Gasteiger charge is -2.20. The van der Waals surface area contributed by atoms with E-state index in [2.05, 4.69) is 22.1 Å². The third kappa shape index (κ3) is 4.13. The molecule has 156 valence electrons. The SMILES string of the molecule is O=C(c1ccc(-c2ccccc2)cc1)N(Cc1ccccn1)c1nc2c(Cl)cccc2s1. The van der Waals surface area contributed by atoms with Crippen LogP contribution in [0.2, 0.25) is 5.02 Å². The number of fused-ring (bicyclic) bond motifs is 1. The van der Waals surface area contributed by atoms with Crippen molar-refractivity contribution in [1.82, 2.24) is 9.97 Å². The first-order chi connectivity index (χ1) is 15.7. The smallest absolute Gasteiger partial charge is 0.260 e. The Morgan fingerprint density at radius 3 is 2.31 bits per heavy atom. The first-order valence-electron chi connectivity index (χ1n) is 10.1. The molecular weight excluding hydrogens is 438 g/mol. The van der Waals surface area contributed by atoms with Gasteiger partial charge in [-0.15, -0.1) is 0 Å². The summed E-state index contributed by atoms with van der Waals surface area (Å²) in [6.07, 6.45) is 1.72. The molecule has 0 saturated carbocycles. The molecule has 0 spiro atoms. The van der Waals surface area contributed by atoms with Gasteiger partial charge >= 0.3 is 0 Å². The number of thiazole rings is 1. The highest BCUT2D eigenvalue weighted by atomic mass is 35.5. The van der Waals surface area contributed by atoms with E-state index >= 15 is 0 Å². The van der Waals surface area contributed by atoms with Crippen LogP contribution in [-0.2, 0) is 6.54 Å². The number of amides is 1. The number of carbonyl (C=O) groups is 1. The molecule has 4 nitrogen and oxygen atoms in total. The molecule has 0 unspecified atom stereocenters. The Kier molecular flexibility index (Phi) is 5.67. The second kappa shape index (κ2) is 8.91. The van der Waals surface area contributed by atoms with E-state index in [9.17, 15) is 4.79 Å². The van der Waals surface area contributed by atoms with Crippen LogP contribution < -0.4 is 4.90 Å². The third-order valence-corrected chi connectivity index (χ3v) is 6.47. The molecular formula is C26H18ClN3OS. The highest BCUT2D eigenvalue weighted by Crippen LogP contribution is 2.34. The fraction of sp³-hybridized carbons (Fsp3) is 0.0385. The predicted octanol–water partition coefficient (Wildman–Crippen LogP) is 6.86. The summed E-state index contributed by atoms with van der Waals surface area (Å²) in [7, 11) is 0. The number of anilines is 1. The average molecular weight is 456 g/mol. The molecule has 0 aliphatic heterocycles. The molecule has 5 aromatic rings. The van der Waals surface area contributed by atoms with Gasteiger partial charge in [-0.3, -0.25) is 14.7 Å². The van der Waals surface area contributed by atoms with E-state index in [-0.39, 0.29) is 5.91 Å². The van der Waals surface area contributed by atoms with Crippen LogP contribution in [0.3, 0.4) is 0 Å². The van der Waals surface area contributed by atoms with E-state index in [1.54, 1.807) is 17.2 Å². The molecule has 2 aromatic heterocycles. The summed E-state index contributed by atoms with van der Waals surface area (Å²) in [6.45, 7) is 0.317. The van der Waals surface area contributed by atoms with Crippen molar-refractivity contribution >= 4 is 44.2 Å². The number of rotatable bonds is 5. The largest absolute Gasteiger partial charge is 0.278 e. The Balaban J connectivity index is 1.52. The molecule has 0 aliphatic rings. The molecule has 32 heavy (non-hydrogen) atoms. The Labute approximate surface area is 194 Å². The van der Waals surface area contributed by atoms with Gasteiger partial charge in [0.05, 0.1) is 22.0 Å². The lowest BCUT2D eigenvalue weighted by atomic mass is 10.0. The maximum absolute atomic E-state index is 13.6. The minimum atomic E-state index is -0.134. The second-order valence-electron chi connectivity index (χ2n) is 7.24. The quantitative estimate of drug-likeness (QED) is 0.291. The summed E-state index contributed by atoms with van der Waals surface area (Å²) in [5, 5.41) is 1.17. The number of nitrogens with zero attached hydrogens (tertiary/aromatic N) is 3. The topological polar surface area (TPSA) is 46.1 Å². The summed E-state index contributed by atoms with van der Waals surface area (Å²) in [4.78, 5) is 24.3. The van der Waals surface area contributed by atoms with Gasteiger partial charge < -0.3 is 0 Å². The Bertz CT molecular complexity index is 1370. The van der Waals surface area contributed by atoms with E-state index in [1.807, 2.05) is 72.8 Å². The van der Waals surface area contributed by atoms with Gasteiger partial charge in [0.2, 0.25) is 0 Å². The fourth-order valence-corrected chi connectivity index (χ4v) is 4.75. The van der Waals surface area contributed by atoms with Crippen molar-refractivity contribution in [1.29, 1.82) is 0 Å². The summed E-state index contributed by atoms with van der Waals surface area (Å²) in [6, 6.07) is 29.1. The van der Waals surface area contributed by atoms with E-state index in [0.29, 0.717) is 27.8 Å². The van der Waals surface area contributed by atoms with Crippen LogP contribution >= 0.6 is 22.9 Å². The van der Waals surface area contributed by atoms with Crippen molar-refractivity contribution in [3.63, 3.8) is 0 Å². The number of halogens is 1. The van der Waals surface area contributed by atoms with Crippen LogP contribution in [0.4, 0.5) is 5.13 Å². The molecule has 0 aliphatic carbocycles. The van der Waals surface area contributed by atoms with Gasteiger partial charge in [-0.25, -0.2) is 4.98 Å². The number of aromatic nitrogens is 2. The number of benzene rings is 3. The van der Waals surface area contributed by atoms with Gasteiger partial charge in [0, 0.05) is 11.8 Å². The van der Waals surface area contributed by atoms with Gasteiger partial charge in [-0.1, -0.05) is 77.5 Å². The molecule has 0 atom stereocenters. The number of hydrogen-bond acceptors (Lipinski definition) is 4. The maximum atomic E-state index is 13.6. The normalized spacial score (nSPS) is 10.9. The van der Waals surface area contributed by atoms with Gasteiger partial charge in [-0.05, 0) is 47.5 Å². The van der Waals surface area contributed by atoms with Gasteiger partial charge in [0.15, 0.2) is 5.13 Å². The molecule has 2 heterocycles. The first kappa shape index (κ1) is 20.4. The molecule has 0 bridgehead atoms. The van der Waals surface area contributed by atoms with Crippen LogP contribution in [-0.4, -0.2) is 15.9 Å². The van der Waals surface area contributed by atoms with Gasteiger partial charge in [-0.2, -0.15) is 0 Å². The molecule has 6 heteroatoms. The van der Waals surface area contributed by atoms with Crippen molar-refractivity contribution in [2.24, 2.45) is 0 Å².